The zero-order valence-corrected chi connectivity index (χ0v) is 20.6. The quantitative estimate of drug-likeness (QED) is 0.348. The molecule has 4 N–H and O–H groups in total. The molecule has 0 saturated heterocycles. The van der Waals surface area contributed by atoms with Gasteiger partial charge in [-0.25, -0.2) is 4.79 Å². The highest BCUT2D eigenvalue weighted by Crippen LogP contribution is 2.16. The number of aliphatic hydroxyl groups is 1. The van der Waals surface area contributed by atoms with Gasteiger partial charge in [-0.15, -0.1) is 0 Å². The maximum Gasteiger partial charge on any atom is 0.336 e. The lowest BCUT2D eigenvalue weighted by Crippen LogP contribution is -2.42. The Bertz CT molecular complexity index is 964. The first-order chi connectivity index (χ1) is 16.3. The molecule has 1 aromatic heterocycles. The Morgan fingerprint density at radius 1 is 0.829 bits per heavy atom. The number of carboxylic acids is 3. The van der Waals surface area contributed by atoms with Gasteiger partial charge in [0.05, 0.1) is 12.8 Å². The molecule has 0 saturated carbocycles. The predicted molar refractivity (Wildman–Crippen MR) is 130 cm³/mol. The van der Waals surface area contributed by atoms with Crippen LogP contribution in [0.1, 0.15) is 35.1 Å². The number of likely N-dealkylation sites (N-methyl/N-ethyl adjacent to an activating group) is 1. The average molecular weight is 490 g/mol. The zero-order chi connectivity index (χ0) is 26.6. The second-order valence-electron chi connectivity index (χ2n) is 8.77. The van der Waals surface area contributed by atoms with Gasteiger partial charge in [0.1, 0.15) is 0 Å². The maximum atomic E-state index is 10.3. The minimum absolute atomic E-state index is 0.962. The standard InChI is InChI=1S/C19H27N3.C6H8O7/c1-16-5-6-19(13-17(16)2)15-22(12-11-21(3)4)14-18-7-9-20-10-8-18;7-3(8)1-6(13,5(11)12)2-4(9)10/h5-10,13H,11-12,14-15H2,1-4H3;13H,1-2H2,(H,7,8)(H,9,10)(H,11,12). The van der Waals surface area contributed by atoms with Gasteiger partial charge >= 0.3 is 17.9 Å². The van der Waals surface area contributed by atoms with Crippen LogP contribution < -0.4 is 0 Å². The first kappa shape index (κ1) is 29.7. The summed E-state index contributed by atoms with van der Waals surface area (Å²) in [6, 6.07) is 11.0. The number of hydrogen-bond acceptors (Lipinski definition) is 7. The van der Waals surface area contributed by atoms with Gasteiger partial charge in [-0.05, 0) is 62.3 Å². The lowest BCUT2D eigenvalue weighted by molar-refractivity contribution is -0.170. The maximum absolute atomic E-state index is 10.3. The van der Waals surface area contributed by atoms with Crippen molar-refractivity contribution in [3.05, 3.63) is 65.0 Å². The number of carbonyl (C=O) groups is 3. The van der Waals surface area contributed by atoms with Crippen molar-refractivity contribution in [2.24, 2.45) is 0 Å². The van der Waals surface area contributed by atoms with E-state index < -0.39 is 36.4 Å². The lowest BCUT2D eigenvalue weighted by atomic mass is 9.96. The number of benzene rings is 1. The Kier molecular flexibility index (Phi) is 12.0. The summed E-state index contributed by atoms with van der Waals surface area (Å²) in [5.74, 6) is -5.02. The van der Waals surface area contributed by atoms with Crippen LogP contribution in [0.15, 0.2) is 42.7 Å². The zero-order valence-electron chi connectivity index (χ0n) is 20.6. The van der Waals surface area contributed by atoms with Crippen LogP contribution in [0.5, 0.6) is 0 Å². The molecule has 0 atom stereocenters. The summed E-state index contributed by atoms with van der Waals surface area (Å²) in [7, 11) is 4.25. The first-order valence-electron chi connectivity index (χ1n) is 11.0. The molecule has 10 nitrogen and oxygen atoms in total. The second kappa shape index (κ2) is 14.1. The van der Waals surface area contributed by atoms with Gasteiger partial charge in [0.15, 0.2) is 5.60 Å². The summed E-state index contributed by atoms with van der Waals surface area (Å²) < 4.78 is 0. The largest absolute Gasteiger partial charge is 0.481 e. The van der Waals surface area contributed by atoms with Gasteiger partial charge < -0.3 is 25.3 Å². The number of hydrogen-bond donors (Lipinski definition) is 4. The lowest BCUT2D eigenvalue weighted by Gasteiger charge is -2.24. The normalized spacial score (nSPS) is 11.2. The van der Waals surface area contributed by atoms with Crippen molar-refractivity contribution in [1.29, 1.82) is 0 Å². The number of rotatable bonds is 12. The van der Waals surface area contributed by atoms with Crippen molar-refractivity contribution >= 4 is 17.9 Å². The summed E-state index contributed by atoms with van der Waals surface area (Å²) in [4.78, 5) is 39.3. The molecule has 0 amide bonds. The van der Waals surface area contributed by atoms with Crippen molar-refractivity contribution in [1.82, 2.24) is 14.8 Å². The Balaban J connectivity index is 0.000000405. The fourth-order valence-corrected chi connectivity index (χ4v) is 3.18. The third kappa shape index (κ3) is 11.6. The fourth-order valence-electron chi connectivity index (χ4n) is 3.18. The van der Waals surface area contributed by atoms with Crippen LogP contribution in [0.4, 0.5) is 0 Å². The molecular formula is C25H35N3O7. The van der Waals surface area contributed by atoms with E-state index in [0.717, 1.165) is 26.2 Å². The number of nitrogens with zero attached hydrogens (tertiary/aromatic N) is 3. The molecule has 35 heavy (non-hydrogen) atoms. The van der Waals surface area contributed by atoms with Gasteiger partial charge in [0, 0.05) is 38.6 Å². The molecule has 0 spiro atoms. The molecule has 0 fully saturated rings. The predicted octanol–water partition coefficient (Wildman–Crippen LogP) is 2.01. The highest BCUT2D eigenvalue weighted by atomic mass is 16.4. The van der Waals surface area contributed by atoms with Gasteiger partial charge in [-0.3, -0.25) is 19.5 Å². The Morgan fingerprint density at radius 3 is 1.83 bits per heavy atom. The van der Waals surface area contributed by atoms with E-state index in [2.05, 4.69) is 73.1 Å². The summed E-state index contributed by atoms with van der Waals surface area (Å²) >= 11 is 0. The minimum atomic E-state index is -2.74. The van der Waals surface area contributed by atoms with Crippen LogP contribution in [0.3, 0.4) is 0 Å². The van der Waals surface area contributed by atoms with E-state index >= 15 is 0 Å². The molecule has 2 aromatic rings. The number of carboxylic acid groups (broad SMARTS) is 3. The smallest absolute Gasteiger partial charge is 0.336 e. The molecule has 0 bridgehead atoms. The van der Waals surface area contributed by atoms with Crippen LogP contribution in [0, 0.1) is 13.8 Å². The molecule has 2 rings (SSSR count). The molecule has 0 aliphatic rings. The number of pyridine rings is 1. The van der Waals surface area contributed by atoms with Gasteiger partial charge in [-0.2, -0.15) is 0 Å². The van der Waals surface area contributed by atoms with Gasteiger partial charge in [0.25, 0.3) is 0 Å². The van der Waals surface area contributed by atoms with Crippen molar-refractivity contribution in [3.63, 3.8) is 0 Å². The van der Waals surface area contributed by atoms with Crippen LogP contribution in [-0.2, 0) is 27.5 Å². The average Bonchev–Trinajstić information content (AvgIpc) is 2.74. The Hall–Kier alpha value is -3.34. The molecule has 0 radical (unpaired) electrons. The molecule has 0 unspecified atom stereocenters. The molecular weight excluding hydrogens is 454 g/mol. The number of aliphatic carboxylic acids is 3. The Labute approximate surface area is 205 Å². The topological polar surface area (TPSA) is 152 Å². The van der Waals surface area contributed by atoms with Gasteiger partial charge in [-0.1, -0.05) is 18.2 Å². The van der Waals surface area contributed by atoms with Crippen LogP contribution >= 0.6 is 0 Å². The van der Waals surface area contributed by atoms with E-state index in [0.29, 0.717) is 0 Å². The van der Waals surface area contributed by atoms with Crippen LogP contribution in [0.2, 0.25) is 0 Å². The summed E-state index contributed by atoms with van der Waals surface area (Å²) in [5, 5.41) is 33.8. The van der Waals surface area contributed by atoms with Crippen LogP contribution in [-0.4, -0.2) is 85.9 Å². The molecule has 192 valence electrons. The van der Waals surface area contributed by atoms with Gasteiger partial charge in [0.2, 0.25) is 0 Å². The molecule has 0 aliphatic carbocycles. The first-order valence-corrected chi connectivity index (χ1v) is 11.0. The third-order valence-corrected chi connectivity index (χ3v) is 5.28. The second-order valence-corrected chi connectivity index (χ2v) is 8.77. The van der Waals surface area contributed by atoms with E-state index in [4.69, 9.17) is 20.4 Å². The molecule has 1 aromatic carbocycles. The fraction of sp³-hybridized carbons (Fsp3) is 0.440. The monoisotopic (exact) mass is 489 g/mol. The number of aryl methyl sites for hydroxylation is 2. The van der Waals surface area contributed by atoms with Crippen molar-refractivity contribution < 1.29 is 34.8 Å². The molecule has 10 heteroatoms. The van der Waals surface area contributed by atoms with E-state index in [1.165, 1.54) is 22.3 Å². The van der Waals surface area contributed by atoms with E-state index in [1.54, 1.807) is 0 Å². The van der Waals surface area contributed by atoms with E-state index in [9.17, 15) is 14.4 Å². The summed E-state index contributed by atoms with van der Waals surface area (Å²) in [5.41, 5.74) is 2.69. The number of aromatic nitrogens is 1. The van der Waals surface area contributed by atoms with Crippen molar-refractivity contribution in [2.45, 2.75) is 45.4 Å². The Morgan fingerprint density at radius 2 is 1.37 bits per heavy atom. The molecule has 0 aliphatic heterocycles. The van der Waals surface area contributed by atoms with Crippen LogP contribution in [0.25, 0.3) is 0 Å². The highest BCUT2D eigenvalue weighted by molar-refractivity contribution is 5.88. The highest BCUT2D eigenvalue weighted by Gasteiger charge is 2.40. The molecule has 1 heterocycles. The van der Waals surface area contributed by atoms with Crippen molar-refractivity contribution in [3.8, 4) is 0 Å². The van der Waals surface area contributed by atoms with Crippen molar-refractivity contribution in [2.75, 3.05) is 27.2 Å². The van der Waals surface area contributed by atoms with E-state index in [1.807, 2.05) is 12.4 Å². The summed E-state index contributed by atoms with van der Waals surface area (Å²) in [6.07, 6.45) is 1.45. The third-order valence-electron chi connectivity index (χ3n) is 5.28. The minimum Gasteiger partial charge on any atom is -0.481 e. The SMILES string of the molecule is Cc1ccc(CN(CCN(C)C)Cc2ccncc2)cc1C.O=C(O)CC(O)(CC(=O)O)C(=O)O. The summed E-state index contributed by atoms with van der Waals surface area (Å²) in [6.45, 7) is 8.42. The van der Waals surface area contributed by atoms with E-state index in [-0.39, 0.29) is 0 Å².